The molecule has 1 aromatic carbocycles. The lowest BCUT2D eigenvalue weighted by Gasteiger charge is -2.31. The molecule has 0 radical (unpaired) electrons. The molecule has 6 heteroatoms. The van der Waals surface area contributed by atoms with Crippen molar-refractivity contribution in [1.82, 2.24) is 9.97 Å². The molecule has 6 nitrogen and oxygen atoms in total. The molecular weight excluding hydrogens is 266 g/mol. The summed E-state index contributed by atoms with van der Waals surface area (Å²) in [6.07, 6.45) is 1.57. The van der Waals surface area contributed by atoms with Gasteiger partial charge in [-0.3, -0.25) is 0 Å². The highest BCUT2D eigenvalue weighted by Gasteiger charge is 2.26. The van der Waals surface area contributed by atoms with Gasteiger partial charge in [-0.2, -0.15) is 0 Å². The highest BCUT2D eigenvalue weighted by atomic mass is 16.3. The maximum Gasteiger partial charge on any atom is 0.163 e. The molecule has 1 aromatic heterocycles. The number of hydrogen-bond acceptors (Lipinski definition) is 6. The van der Waals surface area contributed by atoms with Crippen LogP contribution in [0, 0.1) is 5.92 Å². The number of nitrogens with zero attached hydrogens (tertiary/aromatic N) is 2. The predicted molar refractivity (Wildman–Crippen MR) is 82.5 cm³/mol. The van der Waals surface area contributed by atoms with Gasteiger partial charge in [-0.25, -0.2) is 15.8 Å². The lowest BCUT2D eigenvalue weighted by Crippen LogP contribution is -2.33. The van der Waals surface area contributed by atoms with Crippen LogP contribution in [0.5, 0.6) is 0 Å². The van der Waals surface area contributed by atoms with Crippen molar-refractivity contribution in [2.45, 2.75) is 18.9 Å². The number of hydrogen-bond donors (Lipinski definition) is 4. The lowest BCUT2D eigenvalue weighted by molar-refractivity contribution is 0.0486. The summed E-state index contributed by atoms with van der Waals surface area (Å²) in [4.78, 5) is 8.89. The van der Waals surface area contributed by atoms with Crippen molar-refractivity contribution < 1.29 is 5.11 Å². The van der Waals surface area contributed by atoms with Crippen LogP contribution in [0.25, 0.3) is 11.4 Å². The molecule has 5 N–H and O–H groups in total. The Bertz CT molecular complexity index is 598. The van der Waals surface area contributed by atoms with Crippen molar-refractivity contribution in [2.75, 3.05) is 17.3 Å². The zero-order valence-electron chi connectivity index (χ0n) is 11.7. The van der Waals surface area contributed by atoms with Gasteiger partial charge in [0, 0.05) is 18.2 Å². The van der Waals surface area contributed by atoms with Gasteiger partial charge in [0.15, 0.2) is 5.82 Å². The number of benzene rings is 1. The van der Waals surface area contributed by atoms with Crippen LogP contribution < -0.4 is 16.6 Å². The molecule has 1 aliphatic carbocycles. The number of aliphatic hydroxyl groups excluding tert-OH is 1. The third kappa shape index (κ3) is 3.29. The standard InChI is InChI=1S/C15H19N5O/c16-20-14-8-13(17-9-10-6-12(21)7-10)18-15(19-14)11-4-2-1-3-5-11/h1-5,8,10,12,21H,6-7,9,16H2,(H2,17,18,19,20). The minimum absolute atomic E-state index is 0.136. The summed E-state index contributed by atoms with van der Waals surface area (Å²) < 4.78 is 0. The van der Waals surface area contributed by atoms with E-state index in [-0.39, 0.29) is 6.10 Å². The van der Waals surface area contributed by atoms with E-state index < -0.39 is 0 Å². The Hall–Kier alpha value is -2.18. The van der Waals surface area contributed by atoms with Crippen molar-refractivity contribution in [3.63, 3.8) is 0 Å². The number of nitrogens with two attached hydrogens (primary N) is 1. The summed E-state index contributed by atoms with van der Waals surface area (Å²) in [5.41, 5.74) is 3.51. The van der Waals surface area contributed by atoms with Gasteiger partial charge in [0.2, 0.25) is 0 Å². The Morgan fingerprint density at radius 3 is 2.52 bits per heavy atom. The van der Waals surface area contributed by atoms with E-state index in [2.05, 4.69) is 20.7 Å². The van der Waals surface area contributed by atoms with Gasteiger partial charge in [-0.15, -0.1) is 0 Å². The summed E-state index contributed by atoms with van der Waals surface area (Å²) in [7, 11) is 0. The third-order valence-corrected chi connectivity index (χ3v) is 3.69. The number of anilines is 2. The molecule has 1 fully saturated rings. The number of rotatable bonds is 5. The fourth-order valence-corrected chi connectivity index (χ4v) is 2.44. The molecule has 0 amide bonds. The minimum atomic E-state index is -0.136. The molecule has 21 heavy (non-hydrogen) atoms. The van der Waals surface area contributed by atoms with Gasteiger partial charge in [0.1, 0.15) is 11.6 Å². The van der Waals surface area contributed by atoms with E-state index in [0.29, 0.717) is 17.6 Å². The zero-order valence-corrected chi connectivity index (χ0v) is 11.7. The molecule has 3 rings (SSSR count). The predicted octanol–water partition coefficient (Wildman–Crippen LogP) is 1.61. The first-order chi connectivity index (χ1) is 10.2. The Balaban J connectivity index is 1.77. The molecular formula is C15H19N5O. The van der Waals surface area contributed by atoms with Crippen LogP contribution >= 0.6 is 0 Å². The Kier molecular flexibility index (Phi) is 3.98. The smallest absolute Gasteiger partial charge is 0.163 e. The average molecular weight is 285 g/mol. The largest absolute Gasteiger partial charge is 0.393 e. The fourth-order valence-electron chi connectivity index (χ4n) is 2.44. The SMILES string of the molecule is NNc1cc(NCC2CC(O)C2)nc(-c2ccccc2)n1. The molecule has 0 aliphatic heterocycles. The number of aromatic nitrogens is 2. The molecule has 2 aromatic rings. The average Bonchev–Trinajstić information content (AvgIpc) is 2.51. The van der Waals surface area contributed by atoms with E-state index in [0.717, 1.165) is 30.8 Å². The number of aliphatic hydroxyl groups is 1. The maximum atomic E-state index is 9.31. The van der Waals surface area contributed by atoms with Crippen LogP contribution in [0.15, 0.2) is 36.4 Å². The minimum Gasteiger partial charge on any atom is -0.393 e. The molecule has 0 bridgehead atoms. The quantitative estimate of drug-likeness (QED) is 0.492. The van der Waals surface area contributed by atoms with Gasteiger partial charge in [-0.1, -0.05) is 30.3 Å². The van der Waals surface area contributed by atoms with Gasteiger partial charge < -0.3 is 15.8 Å². The highest BCUT2D eigenvalue weighted by Crippen LogP contribution is 2.27. The zero-order chi connectivity index (χ0) is 14.7. The van der Waals surface area contributed by atoms with Crippen molar-refractivity contribution in [1.29, 1.82) is 0 Å². The van der Waals surface area contributed by atoms with Gasteiger partial charge in [-0.05, 0) is 18.8 Å². The molecule has 0 unspecified atom stereocenters. The molecule has 0 saturated heterocycles. The Morgan fingerprint density at radius 2 is 1.86 bits per heavy atom. The third-order valence-electron chi connectivity index (χ3n) is 3.69. The summed E-state index contributed by atoms with van der Waals surface area (Å²) in [6, 6.07) is 11.6. The van der Waals surface area contributed by atoms with E-state index in [4.69, 9.17) is 5.84 Å². The highest BCUT2D eigenvalue weighted by molar-refractivity contribution is 5.60. The Morgan fingerprint density at radius 1 is 1.14 bits per heavy atom. The normalized spacial score (nSPS) is 20.7. The monoisotopic (exact) mass is 285 g/mol. The van der Waals surface area contributed by atoms with Crippen molar-refractivity contribution in [3.05, 3.63) is 36.4 Å². The van der Waals surface area contributed by atoms with Crippen molar-refractivity contribution >= 4 is 11.6 Å². The van der Waals surface area contributed by atoms with Crippen LogP contribution in [-0.2, 0) is 0 Å². The first-order valence-corrected chi connectivity index (χ1v) is 7.07. The lowest BCUT2D eigenvalue weighted by atomic mass is 9.82. The van der Waals surface area contributed by atoms with E-state index in [1.807, 2.05) is 30.3 Å². The van der Waals surface area contributed by atoms with E-state index in [1.165, 1.54) is 0 Å². The van der Waals surface area contributed by atoms with E-state index in [9.17, 15) is 5.11 Å². The van der Waals surface area contributed by atoms with Gasteiger partial charge in [0.05, 0.1) is 6.10 Å². The topological polar surface area (TPSA) is 96.1 Å². The van der Waals surface area contributed by atoms with Crippen LogP contribution in [0.2, 0.25) is 0 Å². The molecule has 0 atom stereocenters. The summed E-state index contributed by atoms with van der Waals surface area (Å²) >= 11 is 0. The molecule has 1 saturated carbocycles. The fraction of sp³-hybridized carbons (Fsp3) is 0.333. The molecule has 110 valence electrons. The van der Waals surface area contributed by atoms with E-state index >= 15 is 0 Å². The first kappa shape index (κ1) is 13.8. The summed E-state index contributed by atoms with van der Waals surface area (Å²) in [6.45, 7) is 0.798. The second-order valence-electron chi connectivity index (χ2n) is 5.34. The van der Waals surface area contributed by atoms with Crippen LogP contribution in [0.1, 0.15) is 12.8 Å². The molecule has 1 aliphatic rings. The van der Waals surface area contributed by atoms with Crippen molar-refractivity contribution in [2.24, 2.45) is 11.8 Å². The van der Waals surface area contributed by atoms with Crippen LogP contribution in [-0.4, -0.2) is 27.7 Å². The van der Waals surface area contributed by atoms with E-state index in [1.54, 1.807) is 6.07 Å². The van der Waals surface area contributed by atoms with Gasteiger partial charge in [0.25, 0.3) is 0 Å². The van der Waals surface area contributed by atoms with Crippen LogP contribution in [0.4, 0.5) is 11.6 Å². The number of nitrogens with one attached hydrogen (secondary N) is 2. The summed E-state index contributed by atoms with van der Waals surface area (Å²) in [5, 5.41) is 12.6. The van der Waals surface area contributed by atoms with Crippen molar-refractivity contribution in [3.8, 4) is 11.4 Å². The molecule has 1 heterocycles. The molecule has 0 spiro atoms. The second-order valence-corrected chi connectivity index (χ2v) is 5.34. The first-order valence-electron chi connectivity index (χ1n) is 7.07. The Labute approximate surface area is 123 Å². The van der Waals surface area contributed by atoms with Crippen LogP contribution in [0.3, 0.4) is 0 Å². The number of nitrogen functional groups attached to an aromatic ring is 1. The summed E-state index contributed by atoms with van der Waals surface area (Å²) in [5.74, 6) is 7.91. The number of hydrazine groups is 1. The second kappa shape index (κ2) is 6.07. The maximum absolute atomic E-state index is 9.31. The van der Waals surface area contributed by atoms with Gasteiger partial charge >= 0.3 is 0 Å².